The molecule has 0 spiro atoms. The Morgan fingerprint density at radius 3 is 2.50 bits per heavy atom. The summed E-state index contributed by atoms with van der Waals surface area (Å²) in [7, 11) is 0. The quantitative estimate of drug-likeness (QED) is 0.800. The number of alkyl halides is 2. The summed E-state index contributed by atoms with van der Waals surface area (Å²) < 4.78 is 28.2. The van der Waals surface area contributed by atoms with Gasteiger partial charge in [-0.1, -0.05) is 12.1 Å². The lowest BCUT2D eigenvalue weighted by atomic mass is 10.1. The normalized spacial score (nSPS) is 16.0. The number of rotatable bonds is 7. The molecule has 2 rings (SSSR count). The summed E-state index contributed by atoms with van der Waals surface area (Å²) in [5, 5.41) is 2.86. The summed E-state index contributed by atoms with van der Waals surface area (Å²) in [4.78, 5) is 11.8. The fourth-order valence-corrected chi connectivity index (χ4v) is 2.02. The third kappa shape index (κ3) is 3.66. The van der Waals surface area contributed by atoms with Gasteiger partial charge in [-0.2, -0.15) is 8.78 Å². The summed E-state index contributed by atoms with van der Waals surface area (Å²) >= 11 is 0. The second-order valence-electron chi connectivity index (χ2n) is 5.01. The van der Waals surface area contributed by atoms with Gasteiger partial charge >= 0.3 is 6.61 Å². The number of hydrogen-bond donors (Lipinski definition) is 2. The minimum Gasteiger partial charge on any atom is -0.435 e. The maximum atomic E-state index is 12.0. The summed E-state index contributed by atoms with van der Waals surface area (Å²) in [6, 6.07) is 6.40. The Hall–Kier alpha value is -1.69. The molecule has 0 heterocycles. The maximum absolute atomic E-state index is 12.0. The molecule has 0 bridgehead atoms. The van der Waals surface area contributed by atoms with Crippen molar-refractivity contribution >= 4 is 5.91 Å². The van der Waals surface area contributed by atoms with Gasteiger partial charge in [0, 0.05) is 13.1 Å². The lowest BCUT2D eigenvalue weighted by molar-refractivity contribution is -0.125. The molecule has 0 aromatic heterocycles. The van der Waals surface area contributed by atoms with Crippen LogP contribution >= 0.6 is 0 Å². The molecule has 0 aliphatic heterocycles. The van der Waals surface area contributed by atoms with Crippen LogP contribution in [0.3, 0.4) is 0 Å². The molecule has 0 atom stereocenters. The average molecular weight is 284 g/mol. The van der Waals surface area contributed by atoms with Crippen molar-refractivity contribution in [1.29, 1.82) is 0 Å². The van der Waals surface area contributed by atoms with Crippen LogP contribution in [0.15, 0.2) is 24.3 Å². The minimum absolute atomic E-state index is 0.0117. The fourth-order valence-electron chi connectivity index (χ4n) is 2.02. The number of halogens is 2. The fraction of sp³-hybridized carbons (Fsp3) is 0.500. The zero-order chi connectivity index (χ0) is 14.6. The van der Waals surface area contributed by atoms with Gasteiger partial charge in [0.05, 0.1) is 5.41 Å². The lowest BCUT2D eigenvalue weighted by Crippen LogP contribution is -2.37. The number of hydrogen-bond acceptors (Lipinski definition) is 3. The van der Waals surface area contributed by atoms with Gasteiger partial charge in [-0.25, -0.2) is 0 Å². The first kappa shape index (κ1) is 14.7. The largest absolute Gasteiger partial charge is 0.435 e. The van der Waals surface area contributed by atoms with E-state index in [0.29, 0.717) is 19.5 Å². The number of benzene rings is 1. The highest BCUT2D eigenvalue weighted by atomic mass is 19.3. The van der Waals surface area contributed by atoms with Crippen LogP contribution in [0.5, 0.6) is 5.75 Å². The first-order valence-electron chi connectivity index (χ1n) is 6.58. The Kier molecular flexibility index (Phi) is 4.54. The number of carbonyl (C=O) groups is 1. The van der Waals surface area contributed by atoms with E-state index in [1.54, 1.807) is 12.1 Å². The van der Waals surface area contributed by atoms with Crippen molar-refractivity contribution < 1.29 is 18.3 Å². The molecule has 0 radical (unpaired) electrons. The van der Waals surface area contributed by atoms with Gasteiger partial charge in [-0.3, -0.25) is 4.79 Å². The van der Waals surface area contributed by atoms with Crippen LogP contribution in [-0.2, 0) is 11.2 Å². The van der Waals surface area contributed by atoms with E-state index in [1.165, 1.54) is 12.1 Å². The van der Waals surface area contributed by atoms with Gasteiger partial charge in [0.2, 0.25) is 5.91 Å². The topological polar surface area (TPSA) is 64.4 Å². The van der Waals surface area contributed by atoms with Gasteiger partial charge in [-0.05, 0) is 37.0 Å². The van der Waals surface area contributed by atoms with E-state index in [0.717, 1.165) is 18.4 Å². The number of nitrogens with two attached hydrogens (primary N) is 1. The predicted molar refractivity (Wildman–Crippen MR) is 70.5 cm³/mol. The van der Waals surface area contributed by atoms with E-state index in [1.807, 2.05) is 0 Å². The zero-order valence-electron chi connectivity index (χ0n) is 11.1. The monoisotopic (exact) mass is 284 g/mol. The van der Waals surface area contributed by atoms with Crippen LogP contribution in [0.1, 0.15) is 18.4 Å². The highest BCUT2D eigenvalue weighted by molar-refractivity contribution is 5.85. The molecule has 1 aliphatic carbocycles. The number of amides is 1. The van der Waals surface area contributed by atoms with Crippen molar-refractivity contribution in [2.75, 3.05) is 13.1 Å². The molecule has 4 nitrogen and oxygen atoms in total. The van der Waals surface area contributed by atoms with E-state index >= 15 is 0 Å². The lowest BCUT2D eigenvalue weighted by Gasteiger charge is -2.12. The number of ether oxygens (including phenoxy) is 1. The zero-order valence-corrected chi connectivity index (χ0v) is 11.1. The van der Waals surface area contributed by atoms with Crippen molar-refractivity contribution in [2.24, 2.45) is 11.1 Å². The van der Waals surface area contributed by atoms with Crippen molar-refractivity contribution in [1.82, 2.24) is 5.32 Å². The van der Waals surface area contributed by atoms with E-state index in [-0.39, 0.29) is 17.1 Å². The highest BCUT2D eigenvalue weighted by Gasteiger charge is 2.48. The predicted octanol–water partition coefficient (Wildman–Crippen LogP) is 1.69. The van der Waals surface area contributed by atoms with E-state index < -0.39 is 6.61 Å². The second kappa shape index (κ2) is 6.17. The van der Waals surface area contributed by atoms with Crippen molar-refractivity contribution in [3.05, 3.63) is 29.8 Å². The first-order valence-corrected chi connectivity index (χ1v) is 6.58. The molecule has 1 saturated carbocycles. The standard InChI is InChI=1S/C14H18F2N2O2/c15-13(16)20-11-3-1-10(2-4-11)5-8-18-12(19)14(9-17)6-7-14/h1-4,13H,5-9,17H2,(H,18,19). The summed E-state index contributed by atoms with van der Waals surface area (Å²) in [6.45, 7) is -1.92. The highest BCUT2D eigenvalue weighted by Crippen LogP contribution is 2.44. The molecule has 3 N–H and O–H groups in total. The van der Waals surface area contributed by atoms with Crippen molar-refractivity contribution in [3.8, 4) is 5.75 Å². The molecule has 0 saturated heterocycles. The van der Waals surface area contributed by atoms with Gasteiger partial charge in [0.15, 0.2) is 0 Å². The number of nitrogens with one attached hydrogen (secondary N) is 1. The summed E-state index contributed by atoms with van der Waals surface area (Å²) in [5.74, 6) is 0.144. The van der Waals surface area contributed by atoms with E-state index in [2.05, 4.69) is 10.1 Å². The molecule has 1 fully saturated rings. The van der Waals surface area contributed by atoms with Gasteiger partial charge < -0.3 is 15.8 Å². The van der Waals surface area contributed by atoms with Crippen LogP contribution in [0.25, 0.3) is 0 Å². The molecule has 6 heteroatoms. The second-order valence-corrected chi connectivity index (χ2v) is 5.01. The molecular formula is C14H18F2N2O2. The van der Waals surface area contributed by atoms with Gasteiger partial charge in [0.25, 0.3) is 0 Å². The Morgan fingerprint density at radius 2 is 2.00 bits per heavy atom. The Bertz CT molecular complexity index is 459. The van der Waals surface area contributed by atoms with E-state index in [9.17, 15) is 13.6 Å². The number of carbonyl (C=O) groups excluding carboxylic acids is 1. The molecule has 0 unspecified atom stereocenters. The molecule has 20 heavy (non-hydrogen) atoms. The Labute approximate surface area is 116 Å². The van der Waals surface area contributed by atoms with Crippen LogP contribution in [0.4, 0.5) is 8.78 Å². The third-order valence-electron chi connectivity index (χ3n) is 3.57. The third-order valence-corrected chi connectivity index (χ3v) is 3.57. The first-order chi connectivity index (χ1) is 9.55. The summed E-state index contributed by atoms with van der Waals surface area (Å²) in [5.41, 5.74) is 6.18. The maximum Gasteiger partial charge on any atom is 0.387 e. The SMILES string of the molecule is NCC1(C(=O)NCCc2ccc(OC(F)F)cc2)CC1. The van der Waals surface area contributed by atoms with Crippen LogP contribution in [-0.4, -0.2) is 25.6 Å². The van der Waals surface area contributed by atoms with Crippen LogP contribution in [0.2, 0.25) is 0 Å². The minimum atomic E-state index is -2.81. The Morgan fingerprint density at radius 1 is 1.35 bits per heavy atom. The molecule has 1 aliphatic rings. The van der Waals surface area contributed by atoms with Crippen molar-refractivity contribution in [3.63, 3.8) is 0 Å². The molecule has 1 aromatic carbocycles. The van der Waals surface area contributed by atoms with Crippen LogP contribution < -0.4 is 15.8 Å². The Balaban J connectivity index is 1.75. The molecule has 110 valence electrons. The van der Waals surface area contributed by atoms with Crippen LogP contribution in [0, 0.1) is 5.41 Å². The van der Waals surface area contributed by atoms with Gasteiger partial charge in [-0.15, -0.1) is 0 Å². The average Bonchev–Trinajstić information content (AvgIpc) is 3.21. The van der Waals surface area contributed by atoms with E-state index in [4.69, 9.17) is 5.73 Å². The molecule has 1 aromatic rings. The molecular weight excluding hydrogens is 266 g/mol. The summed E-state index contributed by atoms with van der Waals surface area (Å²) in [6.07, 6.45) is 2.35. The molecule has 1 amide bonds. The van der Waals surface area contributed by atoms with Gasteiger partial charge in [0.1, 0.15) is 5.75 Å². The van der Waals surface area contributed by atoms with Crippen molar-refractivity contribution in [2.45, 2.75) is 25.9 Å². The smallest absolute Gasteiger partial charge is 0.387 e.